The summed E-state index contributed by atoms with van der Waals surface area (Å²) in [5.41, 5.74) is 3.20. The number of hydrogen-bond acceptors (Lipinski definition) is 4. The van der Waals surface area contributed by atoms with E-state index in [4.69, 9.17) is 4.74 Å². The second-order valence-corrected chi connectivity index (χ2v) is 4.34. The fourth-order valence-electron chi connectivity index (χ4n) is 2.19. The van der Waals surface area contributed by atoms with Gasteiger partial charge in [0.25, 0.3) is 0 Å². The van der Waals surface area contributed by atoms with Crippen LogP contribution in [0.15, 0.2) is 36.5 Å². The standard InChI is InChI=1S/C14H15N3O/c1-9-11-4-3-7-15-14(11)17-12-6-5-10(18-2)8-13(12)16-9/h3-9,16H,1-2H3,(H,15,17). The van der Waals surface area contributed by atoms with E-state index in [9.17, 15) is 0 Å². The van der Waals surface area contributed by atoms with E-state index < -0.39 is 0 Å². The molecule has 0 aliphatic carbocycles. The van der Waals surface area contributed by atoms with Crippen molar-refractivity contribution in [2.24, 2.45) is 0 Å². The summed E-state index contributed by atoms with van der Waals surface area (Å²) >= 11 is 0. The summed E-state index contributed by atoms with van der Waals surface area (Å²) in [6.45, 7) is 2.12. The Balaban J connectivity index is 2.09. The number of nitrogens with zero attached hydrogens (tertiary/aromatic N) is 1. The summed E-state index contributed by atoms with van der Waals surface area (Å²) < 4.78 is 5.25. The molecule has 1 atom stereocenters. The summed E-state index contributed by atoms with van der Waals surface area (Å²) in [4.78, 5) is 4.39. The predicted molar refractivity (Wildman–Crippen MR) is 72.6 cm³/mol. The van der Waals surface area contributed by atoms with Crippen molar-refractivity contribution in [2.45, 2.75) is 13.0 Å². The maximum Gasteiger partial charge on any atom is 0.135 e. The average molecular weight is 241 g/mol. The third-order valence-corrected chi connectivity index (χ3v) is 3.16. The van der Waals surface area contributed by atoms with Crippen molar-refractivity contribution in [1.82, 2.24) is 4.98 Å². The molecule has 3 rings (SSSR count). The molecule has 0 spiro atoms. The van der Waals surface area contributed by atoms with Gasteiger partial charge in [-0.15, -0.1) is 0 Å². The Bertz CT molecular complexity index is 583. The second-order valence-electron chi connectivity index (χ2n) is 4.34. The van der Waals surface area contributed by atoms with Crippen LogP contribution in [0.2, 0.25) is 0 Å². The Morgan fingerprint density at radius 2 is 2.11 bits per heavy atom. The van der Waals surface area contributed by atoms with E-state index in [0.717, 1.165) is 28.5 Å². The summed E-state index contributed by atoms with van der Waals surface area (Å²) in [6, 6.07) is 10.2. The van der Waals surface area contributed by atoms with Gasteiger partial charge in [0.15, 0.2) is 0 Å². The average Bonchev–Trinajstić information content (AvgIpc) is 2.54. The van der Waals surface area contributed by atoms with Crippen LogP contribution >= 0.6 is 0 Å². The summed E-state index contributed by atoms with van der Waals surface area (Å²) in [5.74, 6) is 1.75. The molecular weight excluding hydrogens is 226 g/mol. The number of fused-ring (bicyclic) bond motifs is 2. The lowest BCUT2D eigenvalue weighted by molar-refractivity contribution is 0.415. The molecule has 0 saturated heterocycles. The number of ether oxygens (including phenoxy) is 1. The SMILES string of the molecule is COc1ccc2c(c1)NC(C)c1cccnc1N2. The summed E-state index contributed by atoms with van der Waals surface area (Å²) in [5, 5.41) is 6.83. The minimum Gasteiger partial charge on any atom is -0.497 e. The highest BCUT2D eigenvalue weighted by atomic mass is 16.5. The van der Waals surface area contributed by atoms with Crippen LogP contribution in [0.1, 0.15) is 18.5 Å². The van der Waals surface area contributed by atoms with Crippen LogP contribution in [0, 0.1) is 0 Å². The van der Waals surface area contributed by atoms with E-state index in [1.54, 1.807) is 13.3 Å². The first-order valence-corrected chi connectivity index (χ1v) is 5.94. The van der Waals surface area contributed by atoms with E-state index >= 15 is 0 Å². The first kappa shape index (κ1) is 10.9. The fourth-order valence-corrected chi connectivity index (χ4v) is 2.19. The van der Waals surface area contributed by atoms with Crippen LogP contribution in [0.25, 0.3) is 0 Å². The van der Waals surface area contributed by atoms with Crippen molar-refractivity contribution in [3.63, 3.8) is 0 Å². The van der Waals surface area contributed by atoms with Crippen LogP contribution < -0.4 is 15.4 Å². The van der Waals surface area contributed by atoms with E-state index in [1.165, 1.54) is 0 Å². The van der Waals surface area contributed by atoms with Crippen LogP contribution in [0.4, 0.5) is 17.2 Å². The highest BCUT2D eigenvalue weighted by Gasteiger charge is 2.18. The number of benzene rings is 1. The number of hydrogen-bond donors (Lipinski definition) is 2. The summed E-state index contributed by atoms with van der Waals surface area (Å²) in [7, 11) is 1.67. The number of aromatic nitrogens is 1. The van der Waals surface area contributed by atoms with Crippen molar-refractivity contribution >= 4 is 17.2 Å². The molecule has 1 aromatic carbocycles. The third-order valence-electron chi connectivity index (χ3n) is 3.16. The zero-order chi connectivity index (χ0) is 12.5. The Labute approximate surface area is 106 Å². The molecule has 0 amide bonds. The van der Waals surface area contributed by atoms with Crippen LogP contribution in [-0.2, 0) is 0 Å². The zero-order valence-electron chi connectivity index (χ0n) is 10.4. The van der Waals surface area contributed by atoms with E-state index in [-0.39, 0.29) is 6.04 Å². The van der Waals surface area contributed by atoms with Crippen LogP contribution in [0.3, 0.4) is 0 Å². The van der Waals surface area contributed by atoms with Gasteiger partial charge in [0.1, 0.15) is 11.6 Å². The maximum atomic E-state index is 5.25. The maximum absolute atomic E-state index is 5.25. The highest BCUT2D eigenvalue weighted by Crippen LogP contribution is 2.37. The second kappa shape index (κ2) is 4.22. The number of pyridine rings is 1. The number of methoxy groups -OCH3 is 1. The minimum absolute atomic E-state index is 0.203. The monoisotopic (exact) mass is 241 g/mol. The Kier molecular flexibility index (Phi) is 2.55. The lowest BCUT2D eigenvalue weighted by Crippen LogP contribution is -2.05. The van der Waals surface area contributed by atoms with Crippen molar-refractivity contribution in [1.29, 1.82) is 0 Å². The number of anilines is 3. The van der Waals surface area contributed by atoms with Crippen molar-refractivity contribution < 1.29 is 4.74 Å². The first-order chi connectivity index (χ1) is 8.78. The Morgan fingerprint density at radius 3 is 2.94 bits per heavy atom. The zero-order valence-corrected chi connectivity index (χ0v) is 10.4. The van der Waals surface area contributed by atoms with E-state index in [0.29, 0.717) is 0 Å². The molecule has 4 nitrogen and oxygen atoms in total. The molecule has 18 heavy (non-hydrogen) atoms. The van der Waals surface area contributed by atoms with Gasteiger partial charge in [-0.2, -0.15) is 0 Å². The van der Waals surface area contributed by atoms with Gasteiger partial charge in [0.2, 0.25) is 0 Å². The normalized spacial score (nSPS) is 16.7. The van der Waals surface area contributed by atoms with Crippen molar-refractivity contribution in [3.8, 4) is 5.75 Å². The van der Waals surface area contributed by atoms with Crippen molar-refractivity contribution in [2.75, 3.05) is 17.7 Å². The van der Waals surface area contributed by atoms with Gasteiger partial charge < -0.3 is 15.4 Å². The lowest BCUT2D eigenvalue weighted by Gasteiger charge is -2.14. The molecule has 0 fully saturated rings. The molecule has 2 heterocycles. The van der Waals surface area contributed by atoms with Gasteiger partial charge in [-0.25, -0.2) is 4.98 Å². The lowest BCUT2D eigenvalue weighted by atomic mass is 10.1. The van der Waals surface area contributed by atoms with Gasteiger partial charge in [0.05, 0.1) is 24.5 Å². The molecule has 1 aliphatic rings. The van der Waals surface area contributed by atoms with E-state index in [2.05, 4.69) is 28.6 Å². The van der Waals surface area contributed by atoms with Gasteiger partial charge in [-0.3, -0.25) is 0 Å². The third kappa shape index (κ3) is 1.76. The molecule has 0 bridgehead atoms. The molecule has 0 radical (unpaired) electrons. The van der Waals surface area contributed by atoms with Crippen LogP contribution in [-0.4, -0.2) is 12.1 Å². The highest BCUT2D eigenvalue weighted by molar-refractivity contribution is 5.78. The van der Waals surface area contributed by atoms with Gasteiger partial charge in [0, 0.05) is 17.8 Å². The molecule has 92 valence electrons. The minimum atomic E-state index is 0.203. The molecule has 1 aromatic heterocycles. The van der Waals surface area contributed by atoms with Crippen molar-refractivity contribution in [3.05, 3.63) is 42.1 Å². The molecule has 2 N–H and O–H groups in total. The number of rotatable bonds is 1. The van der Waals surface area contributed by atoms with Crippen LogP contribution in [0.5, 0.6) is 5.75 Å². The van der Waals surface area contributed by atoms with Gasteiger partial charge >= 0.3 is 0 Å². The molecule has 2 aromatic rings. The quantitative estimate of drug-likeness (QED) is 0.804. The number of nitrogens with one attached hydrogen (secondary N) is 2. The molecule has 1 unspecified atom stereocenters. The fraction of sp³-hybridized carbons (Fsp3) is 0.214. The molecule has 0 saturated carbocycles. The largest absolute Gasteiger partial charge is 0.497 e. The molecule has 1 aliphatic heterocycles. The smallest absolute Gasteiger partial charge is 0.135 e. The predicted octanol–water partition coefficient (Wildman–Crippen LogP) is 3.32. The Morgan fingerprint density at radius 1 is 1.22 bits per heavy atom. The van der Waals surface area contributed by atoms with Gasteiger partial charge in [-0.05, 0) is 25.1 Å². The molecule has 4 heteroatoms. The van der Waals surface area contributed by atoms with E-state index in [1.807, 2.05) is 24.3 Å². The first-order valence-electron chi connectivity index (χ1n) is 5.94. The summed E-state index contributed by atoms with van der Waals surface area (Å²) in [6.07, 6.45) is 1.80. The topological polar surface area (TPSA) is 46.2 Å². The molecular formula is C14H15N3O. The Hall–Kier alpha value is -2.23. The van der Waals surface area contributed by atoms with Gasteiger partial charge in [-0.1, -0.05) is 6.07 Å².